The summed E-state index contributed by atoms with van der Waals surface area (Å²) in [7, 11) is 1.54. The fraction of sp³-hybridized carbons (Fsp3) is 0.391. The molecule has 1 fully saturated rings. The summed E-state index contributed by atoms with van der Waals surface area (Å²) in [4.78, 5) is 27.7. The van der Waals surface area contributed by atoms with Crippen molar-refractivity contribution in [2.24, 2.45) is 5.92 Å². The van der Waals surface area contributed by atoms with Crippen LogP contribution in [-0.4, -0.2) is 36.9 Å². The highest BCUT2D eigenvalue weighted by Crippen LogP contribution is 2.32. The second-order valence-corrected chi connectivity index (χ2v) is 8.16. The Morgan fingerprint density at radius 3 is 2.45 bits per heavy atom. The van der Waals surface area contributed by atoms with Crippen molar-refractivity contribution in [2.45, 2.75) is 33.6 Å². The minimum Gasteiger partial charge on any atom is -0.495 e. The monoisotopic (exact) mass is 414 g/mol. The Morgan fingerprint density at radius 1 is 1.10 bits per heavy atom. The van der Waals surface area contributed by atoms with E-state index in [1.807, 2.05) is 39.0 Å². The highest BCUT2D eigenvalue weighted by Gasteiger charge is 2.29. The van der Waals surface area contributed by atoms with Crippen LogP contribution in [0.1, 0.15) is 39.9 Å². The molecule has 29 heavy (non-hydrogen) atoms. The minimum absolute atomic E-state index is 0.0192. The number of likely N-dealkylation sites (tertiary alicyclic amines) is 1. The summed E-state index contributed by atoms with van der Waals surface area (Å²) in [6, 6.07) is 9.36. The van der Waals surface area contributed by atoms with Gasteiger partial charge in [-0.15, -0.1) is 0 Å². The van der Waals surface area contributed by atoms with Crippen molar-refractivity contribution in [3.05, 3.63) is 57.6 Å². The Balaban J connectivity index is 1.73. The van der Waals surface area contributed by atoms with Gasteiger partial charge in [0.15, 0.2) is 0 Å². The third kappa shape index (κ3) is 4.91. The molecule has 1 unspecified atom stereocenters. The maximum Gasteiger partial charge on any atom is 0.253 e. The van der Waals surface area contributed by atoms with Crippen LogP contribution in [0.25, 0.3) is 0 Å². The number of anilines is 1. The molecule has 1 N–H and O–H groups in total. The van der Waals surface area contributed by atoms with Crippen molar-refractivity contribution >= 4 is 29.1 Å². The number of carbonyl (C=O) groups is 2. The first-order chi connectivity index (χ1) is 13.8. The molecule has 0 saturated carbocycles. The lowest BCUT2D eigenvalue weighted by atomic mass is 9.96. The van der Waals surface area contributed by atoms with Gasteiger partial charge < -0.3 is 15.0 Å². The van der Waals surface area contributed by atoms with Crippen LogP contribution >= 0.6 is 11.6 Å². The number of methoxy groups -OCH3 is 1. The van der Waals surface area contributed by atoms with E-state index in [9.17, 15) is 9.59 Å². The molecule has 1 saturated heterocycles. The maximum absolute atomic E-state index is 13.0. The third-order valence-corrected chi connectivity index (χ3v) is 5.69. The Labute approximate surface area is 177 Å². The number of halogens is 1. The number of ether oxygens (including phenoxy) is 1. The van der Waals surface area contributed by atoms with Gasteiger partial charge in [-0.2, -0.15) is 0 Å². The second kappa shape index (κ2) is 8.87. The largest absolute Gasteiger partial charge is 0.495 e. The molecule has 0 aliphatic carbocycles. The molecule has 1 aliphatic heterocycles. The molecule has 1 heterocycles. The fourth-order valence-corrected chi connectivity index (χ4v) is 3.97. The van der Waals surface area contributed by atoms with Crippen LogP contribution in [0.4, 0.5) is 5.69 Å². The molecule has 6 heteroatoms. The van der Waals surface area contributed by atoms with E-state index in [0.717, 1.165) is 29.5 Å². The first kappa shape index (κ1) is 21.2. The number of carbonyl (C=O) groups excluding carboxylic acids is 2. The zero-order valence-corrected chi connectivity index (χ0v) is 18.1. The highest BCUT2D eigenvalue weighted by atomic mass is 35.5. The van der Waals surface area contributed by atoms with E-state index in [2.05, 4.69) is 5.32 Å². The zero-order chi connectivity index (χ0) is 21.1. The molecule has 2 amide bonds. The Morgan fingerprint density at radius 2 is 1.79 bits per heavy atom. The first-order valence-corrected chi connectivity index (χ1v) is 10.2. The van der Waals surface area contributed by atoms with E-state index in [1.54, 1.807) is 24.1 Å². The van der Waals surface area contributed by atoms with Crippen LogP contribution in [0.15, 0.2) is 30.3 Å². The second-order valence-electron chi connectivity index (χ2n) is 7.76. The van der Waals surface area contributed by atoms with E-state index in [4.69, 9.17) is 16.3 Å². The van der Waals surface area contributed by atoms with Crippen molar-refractivity contribution in [1.82, 2.24) is 4.90 Å². The van der Waals surface area contributed by atoms with Gasteiger partial charge in [-0.3, -0.25) is 9.59 Å². The van der Waals surface area contributed by atoms with E-state index < -0.39 is 0 Å². The Bertz CT molecular complexity index is 922. The van der Waals surface area contributed by atoms with Gasteiger partial charge in [-0.1, -0.05) is 28.8 Å². The van der Waals surface area contributed by atoms with Gasteiger partial charge in [-0.25, -0.2) is 0 Å². The number of hydrogen-bond acceptors (Lipinski definition) is 3. The lowest BCUT2D eigenvalue weighted by molar-refractivity contribution is -0.121. The molecule has 0 bridgehead atoms. The quantitative estimate of drug-likeness (QED) is 0.784. The molecule has 0 aromatic heterocycles. The zero-order valence-electron chi connectivity index (χ0n) is 17.3. The van der Waals surface area contributed by atoms with E-state index in [0.29, 0.717) is 35.1 Å². The topological polar surface area (TPSA) is 58.6 Å². The third-order valence-electron chi connectivity index (χ3n) is 5.29. The summed E-state index contributed by atoms with van der Waals surface area (Å²) >= 11 is 6.15. The standard InChI is InChI=1S/C23H27ClN2O3/c1-14-8-15(2)10-18(9-14)23(28)26-7-5-6-17(13-26)22(27)25-20-11-16(3)19(24)12-21(20)29-4/h8-12,17H,5-7,13H2,1-4H3,(H,25,27). The normalized spacial score (nSPS) is 16.4. The van der Waals surface area contributed by atoms with Crippen LogP contribution < -0.4 is 10.1 Å². The summed E-state index contributed by atoms with van der Waals surface area (Å²) in [5.41, 5.74) is 4.25. The minimum atomic E-state index is -0.265. The van der Waals surface area contributed by atoms with Gasteiger partial charge >= 0.3 is 0 Å². The van der Waals surface area contributed by atoms with Gasteiger partial charge in [0.2, 0.25) is 5.91 Å². The summed E-state index contributed by atoms with van der Waals surface area (Å²) in [6.07, 6.45) is 1.54. The number of aryl methyl sites for hydroxylation is 3. The molecular formula is C23H27ClN2O3. The lowest BCUT2D eigenvalue weighted by Crippen LogP contribution is -2.43. The Hall–Kier alpha value is -2.53. The van der Waals surface area contributed by atoms with Crippen molar-refractivity contribution in [3.63, 3.8) is 0 Å². The summed E-state index contributed by atoms with van der Waals surface area (Å²) < 4.78 is 5.35. The number of rotatable bonds is 4. The summed E-state index contributed by atoms with van der Waals surface area (Å²) in [5, 5.41) is 3.54. The first-order valence-electron chi connectivity index (χ1n) is 9.81. The van der Waals surface area contributed by atoms with E-state index in [1.165, 1.54) is 0 Å². The molecule has 3 rings (SSSR count). The van der Waals surface area contributed by atoms with Gasteiger partial charge in [0, 0.05) is 29.7 Å². The summed E-state index contributed by atoms with van der Waals surface area (Å²) in [6.45, 7) is 6.92. The Kier molecular flexibility index (Phi) is 6.48. The van der Waals surface area contributed by atoms with Crippen LogP contribution in [-0.2, 0) is 4.79 Å². The lowest BCUT2D eigenvalue weighted by Gasteiger charge is -2.32. The molecule has 0 radical (unpaired) electrons. The highest BCUT2D eigenvalue weighted by molar-refractivity contribution is 6.31. The van der Waals surface area contributed by atoms with E-state index >= 15 is 0 Å². The number of nitrogens with one attached hydrogen (secondary N) is 1. The molecule has 5 nitrogen and oxygen atoms in total. The SMILES string of the molecule is COc1cc(Cl)c(C)cc1NC(=O)C1CCCN(C(=O)c2cc(C)cc(C)c2)C1. The van der Waals surface area contributed by atoms with Crippen LogP contribution in [0.5, 0.6) is 5.75 Å². The van der Waals surface area contributed by atoms with Gasteiger partial charge in [-0.05, 0) is 57.4 Å². The smallest absolute Gasteiger partial charge is 0.253 e. The summed E-state index contributed by atoms with van der Waals surface area (Å²) in [5.74, 6) is 0.129. The molecule has 0 spiro atoms. The fourth-order valence-electron chi connectivity index (χ4n) is 3.82. The maximum atomic E-state index is 13.0. The predicted molar refractivity (Wildman–Crippen MR) is 116 cm³/mol. The van der Waals surface area contributed by atoms with E-state index in [-0.39, 0.29) is 17.7 Å². The average Bonchev–Trinajstić information content (AvgIpc) is 2.69. The molecule has 1 aliphatic rings. The molecule has 154 valence electrons. The van der Waals surface area contributed by atoms with Crippen molar-refractivity contribution in [2.75, 3.05) is 25.5 Å². The molecular weight excluding hydrogens is 388 g/mol. The van der Waals surface area contributed by atoms with Crippen molar-refractivity contribution < 1.29 is 14.3 Å². The van der Waals surface area contributed by atoms with Crippen molar-refractivity contribution in [1.29, 1.82) is 0 Å². The van der Waals surface area contributed by atoms with Crippen LogP contribution in [0.3, 0.4) is 0 Å². The number of piperidine rings is 1. The number of amides is 2. The number of nitrogens with zero attached hydrogens (tertiary/aromatic N) is 1. The molecule has 2 aromatic carbocycles. The van der Waals surface area contributed by atoms with Gasteiger partial charge in [0.1, 0.15) is 5.75 Å². The van der Waals surface area contributed by atoms with Crippen LogP contribution in [0.2, 0.25) is 5.02 Å². The number of benzene rings is 2. The molecule has 2 aromatic rings. The average molecular weight is 415 g/mol. The van der Waals surface area contributed by atoms with Gasteiger partial charge in [0.05, 0.1) is 18.7 Å². The van der Waals surface area contributed by atoms with Crippen LogP contribution in [0, 0.1) is 26.7 Å². The molecule has 1 atom stereocenters. The number of hydrogen-bond donors (Lipinski definition) is 1. The predicted octanol–water partition coefficient (Wildman–Crippen LogP) is 4.76. The van der Waals surface area contributed by atoms with Crippen molar-refractivity contribution in [3.8, 4) is 5.75 Å². The van der Waals surface area contributed by atoms with Gasteiger partial charge in [0.25, 0.3) is 5.91 Å².